The highest BCUT2D eigenvalue weighted by Crippen LogP contribution is 2.23. The molecule has 0 fully saturated rings. The van der Waals surface area contributed by atoms with Crippen molar-refractivity contribution in [3.63, 3.8) is 0 Å². The Hall–Kier alpha value is -1.33. The molecule has 90 valence electrons. The predicted molar refractivity (Wildman–Crippen MR) is 61.9 cm³/mol. The fraction of sp³-hybridized carbons (Fsp3) is 0.250. The Labute approximate surface area is 102 Å². The van der Waals surface area contributed by atoms with Crippen molar-refractivity contribution in [2.24, 2.45) is 0 Å². The summed E-state index contributed by atoms with van der Waals surface area (Å²) >= 11 is 1.46. The summed E-state index contributed by atoms with van der Waals surface area (Å²) < 4.78 is 26.4. The molecule has 0 bridgehead atoms. The van der Waals surface area contributed by atoms with Crippen LogP contribution in [0.1, 0.15) is 22.4 Å². The normalized spacial score (nSPS) is 12.7. The van der Waals surface area contributed by atoms with Gasteiger partial charge in [0.2, 0.25) is 0 Å². The van der Waals surface area contributed by atoms with Gasteiger partial charge in [-0.25, -0.2) is 13.8 Å². The van der Waals surface area contributed by atoms with Gasteiger partial charge >= 0.3 is 0 Å². The molecule has 1 heterocycles. The third kappa shape index (κ3) is 2.68. The lowest BCUT2D eigenvalue weighted by atomic mass is 10.0. The van der Waals surface area contributed by atoms with Gasteiger partial charge in [-0.05, 0) is 13.0 Å². The predicted octanol–water partition coefficient (Wildman–Crippen LogP) is 3.01. The van der Waals surface area contributed by atoms with Gasteiger partial charge in [-0.15, -0.1) is 11.3 Å². The Morgan fingerprint density at radius 2 is 2.18 bits per heavy atom. The molecule has 0 aliphatic rings. The smallest absolute Gasteiger partial charge is 0.164 e. The number of benzene rings is 1. The summed E-state index contributed by atoms with van der Waals surface area (Å²) in [5.41, 5.74) is 0.652. The highest BCUT2D eigenvalue weighted by Gasteiger charge is 2.17. The Morgan fingerprint density at radius 1 is 1.41 bits per heavy atom. The third-order valence-corrected chi connectivity index (χ3v) is 3.23. The lowest BCUT2D eigenvalue weighted by Crippen LogP contribution is -2.06. The highest BCUT2D eigenvalue weighted by molar-refractivity contribution is 7.09. The van der Waals surface area contributed by atoms with E-state index in [4.69, 9.17) is 0 Å². The first-order chi connectivity index (χ1) is 8.08. The van der Waals surface area contributed by atoms with E-state index in [2.05, 4.69) is 4.98 Å². The second kappa shape index (κ2) is 4.89. The van der Waals surface area contributed by atoms with Crippen molar-refractivity contribution in [1.82, 2.24) is 4.98 Å². The zero-order valence-electron chi connectivity index (χ0n) is 9.15. The van der Waals surface area contributed by atoms with Gasteiger partial charge in [0, 0.05) is 17.4 Å². The molecule has 1 N–H and O–H groups in total. The molecule has 2 aromatic rings. The summed E-state index contributed by atoms with van der Waals surface area (Å²) in [5, 5.41) is 12.5. The van der Waals surface area contributed by atoms with Crippen LogP contribution in [0.2, 0.25) is 0 Å². The van der Waals surface area contributed by atoms with E-state index in [0.717, 1.165) is 11.1 Å². The Bertz CT molecular complexity index is 527. The first kappa shape index (κ1) is 12.1. The number of hydrogen-bond donors (Lipinski definition) is 1. The maximum atomic E-state index is 13.4. The van der Waals surface area contributed by atoms with E-state index in [-0.39, 0.29) is 12.0 Å². The molecule has 0 amide bonds. The number of thiazole rings is 1. The topological polar surface area (TPSA) is 33.1 Å². The molecule has 17 heavy (non-hydrogen) atoms. The maximum Gasteiger partial charge on any atom is 0.164 e. The average molecular weight is 255 g/mol. The van der Waals surface area contributed by atoms with E-state index in [1.165, 1.54) is 23.5 Å². The zero-order chi connectivity index (χ0) is 12.4. The number of hydrogen-bond acceptors (Lipinski definition) is 3. The van der Waals surface area contributed by atoms with Crippen LogP contribution < -0.4 is 0 Å². The van der Waals surface area contributed by atoms with Crippen LogP contribution in [0.15, 0.2) is 23.6 Å². The van der Waals surface area contributed by atoms with Crippen LogP contribution in [0.5, 0.6) is 0 Å². The minimum Gasteiger partial charge on any atom is -0.388 e. The van der Waals surface area contributed by atoms with Crippen LogP contribution in [0.4, 0.5) is 8.78 Å². The van der Waals surface area contributed by atoms with Crippen molar-refractivity contribution >= 4 is 11.3 Å². The fourth-order valence-electron chi connectivity index (χ4n) is 1.59. The van der Waals surface area contributed by atoms with E-state index >= 15 is 0 Å². The number of aromatic nitrogens is 1. The molecule has 0 saturated carbocycles. The minimum absolute atomic E-state index is 0.0318. The number of halogens is 2. The molecular formula is C12H11F2NOS. The third-order valence-electron chi connectivity index (χ3n) is 2.41. The van der Waals surface area contributed by atoms with E-state index in [9.17, 15) is 13.9 Å². The first-order valence-corrected chi connectivity index (χ1v) is 5.99. The lowest BCUT2D eigenvalue weighted by molar-refractivity contribution is 0.171. The number of aliphatic hydroxyl groups is 1. The summed E-state index contributed by atoms with van der Waals surface area (Å²) in [5.74, 6) is -1.94. The first-order valence-electron chi connectivity index (χ1n) is 5.11. The number of nitrogens with zero attached hydrogens (tertiary/aromatic N) is 1. The Kier molecular flexibility index (Phi) is 3.49. The van der Waals surface area contributed by atoms with Gasteiger partial charge < -0.3 is 5.11 Å². The molecule has 1 unspecified atom stereocenters. The summed E-state index contributed by atoms with van der Waals surface area (Å²) in [4.78, 5) is 4.17. The van der Waals surface area contributed by atoms with Crippen molar-refractivity contribution in [3.8, 4) is 0 Å². The molecule has 0 aliphatic heterocycles. The standard InChI is InChI=1S/C12H11F2NOS/c1-7-15-8(6-17-7)5-11(16)9-3-2-4-10(13)12(9)14/h2-4,6,11,16H,5H2,1H3. The van der Waals surface area contributed by atoms with Crippen LogP contribution >= 0.6 is 11.3 Å². The van der Waals surface area contributed by atoms with Crippen molar-refractivity contribution < 1.29 is 13.9 Å². The molecule has 1 aromatic heterocycles. The van der Waals surface area contributed by atoms with Crippen LogP contribution in [-0.2, 0) is 6.42 Å². The molecule has 0 radical (unpaired) electrons. The van der Waals surface area contributed by atoms with E-state index in [1.54, 1.807) is 5.38 Å². The molecule has 0 spiro atoms. The van der Waals surface area contributed by atoms with Crippen molar-refractivity contribution in [2.45, 2.75) is 19.4 Å². The van der Waals surface area contributed by atoms with Gasteiger partial charge in [-0.2, -0.15) is 0 Å². The largest absolute Gasteiger partial charge is 0.388 e. The van der Waals surface area contributed by atoms with Crippen LogP contribution in [0.3, 0.4) is 0 Å². The van der Waals surface area contributed by atoms with Gasteiger partial charge in [0.25, 0.3) is 0 Å². The van der Waals surface area contributed by atoms with Crippen molar-refractivity contribution in [3.05, 3.63) is 51.5 Å². The van der Waals surface area contributed by atoms with E-state index < -0.39 is 17.7 Å². The SMILES string of the molecule is Cc1nc(CC(O)c2cccc(F)c2F)cs1. The van der Waals surface area contributed by atoms with Gasteiger partial charge in [-0.3, -0.25) is 0 Å². The Balaban J connectivity index is 2.20. The fourth-order valence-corrected chi connectivity index (χ4v) is 2.21. The van der Waals surface area contributed by atoms with Crippen LogP contribution in [0.25, 0.3) is 0 Å². The van der Waals surface area contributed by atoms with Crippen molar-refractivity contribution in [1.29, 1.82) is 0 Å². The van der Waals surface area contributed by atoms with E-state index in [1.807, 2.05) is 6.92 Å². The zero-order valence-corrected chi connectivity index (χ0v) is 9.97. The summed E-state index contributed by atoms with van der Waals surface area (Å²) in [6, 6.07) is 3.78. The molecule has 1 aromatic carbocycles. The molecular weight excluding hydrogens is 244 g/mol. The lowest BCUT2D eigenvalue weighted by Gasteiger charge is -2.10. The summed E-state index contributed by atoms with van der Waals surface area (Å²) in [6.07, 6.45) is -0.891. The quantitative estimate of drug-likeness (QED) is 0.914. The van der Waals surface area contributed by atoms with E-state index in [0.29, 0.717) is 5.69 Å². The van der Waals surface area contributed by atoms with Crippen LogP contribution in [-0.4, -0.2) is 10.1 Å². The summed E-state index contributed by atoms with van der Waals surface area (Å²) in [7, 11) is 0. The monoisotopic (exact) mass is 255 g/mol. The van der Waals surface area contributed by atoms with Crippen molar-refractivity contribution in [2.75, 3.05) is 0 Å². The highest BCUT2D eigenvalue weighted by atomic mass is 32.1. The Morgan fingerprint density at radius 3 is 2.82 bits per heavy atom. The maximum absolute atomic E-state index is 13.4. The number of rotatable bonds is 3. The molecule has 2 rings (SSSR count). The number of aliphatic hydroxyl groups excluding tert-OH is 1. The van der Waals surface area contributed by atoms with Crippen LogP contribution in [0, 0.1) is 18.6 Å². The minimum atomic E-state index is -1.08. The second-order valence-electron chi connectivity index (χ2n) is 3.72. The molecule has 0 saturated heterocycles. The number of aryl methyl sites for hydroxylation is 1. The van der Waals surface area contributed by atoms with Gasteiger partial charge in [0.1, 0.15) is 0 Å². The van der Waals surface area contributed by atoms with Gasteiger partial charge in [0.15, 0.2) is 11.6 Å². The molecule has 5 heteroatoms. The average Bonchev–Trinajstić information content (AvgIpc) is 2.68. The second-order valence-corrected chi connectivity index (χ2v) is 4.78. The molecule has 1 atom stereocenters. The summed E-state index contributed by atoms with van der Waals surface area (Å²) in [6.45, 7) is 1.85. The van der Waals surface area contributed by atoms with Gasteiger partial charge in [-0.1, -0.05) is 12.1 Å². The molecule has 0 aliphatic carbocycles. The molecule has 2 nitrogen and oxygen atoms in total. The van der Waals surface area contributed by atoms with Gasteiger partial charge in [0.05, 0.1) is 16.8 Å².